The highest BCUT2D eigenvalue weighted by molar-refractivity contribution is 5.83. The number of aliphatic hydroxyl groups is 1. The first-order valence-electron chi connectivity index (χ1n) is 8.51. The van der Waals surface area contributed by atoms with Crippen LogP contribution in [0.2, 0.25) is 0 Å². The van der Waals surface area contributed by atoms with Gasteiger partial charge in [-0.2, -0.15) is 0 Å². The second kappa shape index (κ2) is 4.04. The lowest BCUT2D eigenvalue weighted by molar-refractivity contribution is -0.236. The van der Waals surface area contributed by atoms with Crippen LogP contribution in [-0.2, 0) is 22.4 Å². The lowest BCUT2D eigenvalue weighted by Gasteiger charge is -2.59. The second-order valence-corrected chi connectivity index (χ2v) is 7.83. The third-order valence-electron chi connectivity index (χ3n) is 7.07. The minimum Gasteiger partial charge on any atom is -0.459 e. The third kappa shape index (κ3) is 1.38. The van der Waals surface area contributed by atoms with E-state index >= 15 is 0 Å². The van der Waals surface area contributed by atoms with Gasteiger partial charge in [0.25, 0.3) is 0 Å². The van der Waals surface area contributed by atoms with E-state index in [1.165, 1.54) is 11.1 Å². The molecule has 2 heterocycles. The molecule has 120 valence electrons. The van der Waals surface area contributed by atoms with Gasteiger partial charge >= 0.3 is 5.97 Å². The smallest absolute Gasteiger partial charge is 0.313 e. The molecule has 4 nitrogen and oxygen atoms in total. The first kappa shape index (κ1) is 13.7. The Labute approximate surface area is 134 Å². The Morgan fingerprint density at radius 2 is 2.09 bits per heavy atom. The molecule has 5 aliphatic rings. The van der Waals surface area contributed by atoms with Crippen molar-refractivity contribution in [2.75, 3.05) is 0 Å². The number of rotatable bonds is 0. The molecule has 4 unspecified atom stereocenters. The summed E-state index contributed by atoms with van der Waals surface area (Å²) in [6.07, 6.45) is 1.21. The third-order valence-corrected chi connectivity index (χ3v) is 7.07. The highest BCUT2D eigenvalue weighted by Crippen LogP contribution is 2.66. The molecular weight excluding hydrogens is 292 g/mol. The summed E-state index contributed by atoms with van der Waals surface area (Å²) in [6, 6.07) is 3.47. The summed E-state index contributed by atoms with van der Waals surface area (Å²) in [7, 11) is 0. The maximum Gasteiger partial charge on any atom is 0.313 e. The molecule has 1 aromatic rings. The number of carbonyl (C=O) groups is 1. The molecule has 23 heavy (non-hydrogen) atoms. The largest absolute Gasteiger partial charge is 0.459 e. The van der Waals surface area contributed by atoms with Crippen LogP contribution in [-0.4, -0.2) is 23.3 Å². The maximum atomic E-state index is 12.8. The van der Waals surface area contributed by atoms with Crippen LogP contribution in [0.1, 0.15) is 41.5 Å². The summed E-state index contributed by atoms with van der Waals surface area (Å²) in [6.45, 7) is 3.98. The molecule has 3 fully saturated rings. The van der Waals surface area contributed by atoms with Crippen LogP contribution in [0.3, 0.4) is 0 Å². The zero-order valence-electron chi connectivity index (χ0n) is 13.3. The van der Waals surface area contributed by atoms with E-state index < -0.39 is 17.6 Å². The minimum atomic E-state index is -0.610. The van der Waals surface area contributed by atoms with Crippen molar-refractivity contribution in [3.05, 3.63) is 44.6 Å². The van der Waals surface area contributed by atoms with Gasteiger partial charge < -0.3 is 9.84 Å². The van der Waals surface area contributed by atoms with Gasteiger partial charge in [-0.05, 0) is 60.6 Å². The molecule has 2 aliphatic heterocycles. The number of hydrogen-bond acceptors (Lipinski definition) is 4. The fourth-order valence-corrected chi connectivity index (χ4v) is 6.03. The summed E-state index contributed by atoms with van der Waals surface area (Å²) < 4.78 is 5.67. The van der Waals surface area contributed by atoms with Crippen molar-refractivity contribution in [3.63, 3.8) is 0 Å². The molecular formula is C19H20O4. The number of hydrogen-bond donors (Lipinski definition) is 1. The zero-order valence-corrected chi connectivity index (χ0v) is 13.3. The van der Waals surface area contributed by atoms with Gasteiger partial charge in [-0.3, -0.25) is 9.59 Å². The maximum absolute atomic E-state index is 12.8. The molecule has 6 atom stereocenters. The van der Waals surface area contributed by atoms with Crippen LogP contribution >= 0.6 is 0 Å². The monoisotopic (exact) mass is 312 g/mol. The van der Waals surface area contributed by atoms with Crippen molar-refractivity contribution in [3.8, 4) is 0 Å². The van der Waals surface area contributed by atoms with Crippen LogP contribution in [0.25, 0.3) is 0 Å². The number of aliphatic hydroxyl groups excluding tert-OH is 1. The van der Waals surface area contributed by atoms with E-state index in [9.17, 15) is 14.7 Å². The Bertz CT molecular complexity index is 814. The van der Waals surface area contributed by atoms with Gasteiger partial charge in [0.15, 0.2) is 5.43 Å². The SMILES string of the molecule is Cc1cc(=O)cc2c3c1C[C@@H]1C4OC(=O)C(CC2)(C(C)[C@@H]4O)C31. The highest BCUT2D eigenvalue weighted by atomic mass is 16.6. The Balaban J connectivity index is 1.85. The van der Waals surface area contributed by atoms with E-state index in [4.69, 9.17) is 4.74 Å². The fourth-order valence-electron chi connectivity index (χ4n) is 6.03. The zero-order chi connectivity index (χ0) is 16.1. The van der Waals surface area contributed by atoms with E-state index in [2.05, 4.69) is 0 Å². The predicted octanol–water partition coefficient (Wildman–Crippen LogP) is 1.48. The predicted molar refractivity (Wildman–Crippen MR) is 83.2 cm³/mol. The average Bonchev–Trinajstić information content (AvgIpc) is 2.86. The quantitative estimate of drug-likeness (QED) is 0.737. The Morgan fingerprint density at radius 1 is 1.30 bits per heavy atom. The van der Waals surface area contributed by atoms with Crippen molar-refractivity contribution >= 4 is 5.97 Å². The molecule has 1 saturated carbocycles. The second-order valence-electron chi connectivity index (χ2n) is 7.83. The Kier molecular flexibility index (Phi) is 2.41. The molecule has 2 bridgehead atoms. The molecule has 4 heteroatoms. The van der Waals surface area contributed by atoms with Gasteiger partial charge in [-0.1, -0.05) is 6.92 Å². The summed E-state index contributed by atoms with van der Waals surface area (Å²) >= 11 is 0. The summed E-state index contributed by atoms with van der Waals surface area (Å²) in [5.74, 6) is 0.0405. The van der Waals surface area contributed by atoms with E-state index in [1.54, 1.807) is 12.1 Å². The fraction of sp³-hybridized carbons (Fsp3) is 0.579. The van der Waals surface area contributed by atoms with Gasteiger partial charge in [0.1, 0.15) is 6.10 Å². The summed E-state index contributed by atoms with van der Waals surface area (Å²) in [5, 5.41) is 10.7. The summed E-state index contributed by atoms with van der Waals surface area (Å²) in [4.78, 5) is 24.9. The minimum absolute atomic E-state index is 0.0519. The number of fused-ring (bicyclic) bond motifs is 2. The first-order valence-corrected chi connectivity index (χ1v) is 8.51. The van der Waals surface area contributed by atoms with Gasteiger partial charge in [0, 0.05) is 17.8 Å². The average molecular weight is 312 g/mol. The van der Waals surface area contributed by atoms with Crippen molar-refractivity contribution in [1.82, 2.24) is 0 Å². The van der Waals surface area contributed by atoms with Gasteiger partial charge in [0.2, 0.25) is 0 Å². The Morgan fingerprint density at radius 3 is 2.87 bits per heavy atom. The molecule has 0 aromatic heterocycles. The Hall–Kier alpha value is -1.68. The molecule has 1 aromatic carbocycles. The molecule has 3 aliphatic carbocycles. The molecule has 0 radical (unpaired) electrons. The van der Waals surface area contributed by atoms with Gasteiger partial charge in [-0.15, -0.1) is 0 Å². The van der Waals surface area contributed by atoms with Crippen molar-refractivity contribution in [2.24, 2.45) is 17.3 Å². The topological polar surface area (TPSA) is 63.6 Å². The van der Waals surface area contributed by atoms with Crippen molar-refractivity contribution in [1.29, 1.82) is 0 Å². The lowest BCUT2D eigenvalue weighted by Crippen LogP contribution is -2.67. The molecule has 1 spiro atoms. The van der Waals surface area contributed by atoms with Crippen LogP contribution in [0, 0.1) is 24.2 Å². The van der Waals surface area contributed by atoms with Crippen LogP contribution in [0.15, 0.2) is 16.9 Å². The normalized spacial score (nSPS) is 42.4. The van der Waals surface area contributed by atoms with E-state index in [0.29, 0.717) is 12.8 Å². The summed E-state index contributed by atoms with van der Waals surface area (Å²) in [5.41, 5.74) is 4.00. The standard InChI is InChI=1S/C19H20O4/c1-8-5-11(20)6-10-3-4-19-9(2)16(21)17(23-18(19)22)13-7-12(8)14(10)15(13)19/h5-6,9,13,15-17,21H,3-4,7H2,1-2H3/t9?,13-,15?,16-,17?,19?/m0/s1. The van der Waals surface area contributed by atoms with Crippen molar-refractivity contribution < 1.29 is 14.6 Å². The number of ether oxygens (including phenoxy) is 1. The van der Waals surface area contributed by atoms with E-state index in [-0.39, 0.29) is 29.2 Å². The number of aryl methyl sites for hydroxylation is 2. The van der Waals surface area contributed by atoms with E-state index in [1.807, 2.05) is 13.8 Å². The van der Waals surface area contributed by atoms with Crippen LogP contribution in [0.5, 0.6) is 0 Å². The van der Waals surface area contributed by atoms with Crippen molar-refractivity contribution in [2.45, 2.75) is 51.2 Å². The van der Waals surface area contributed by atoms with Crippen LogP contribution < -0.4 is 5.43 Å². The lowest BCUT2D eigenvalue weighted by atomic mass is 9.49. The van der Waals surface area contributed by atoms with E-state index in [0.717, 1.165) is 17.5 Å². The van der Waals surface area contributed by atoms with Gasteiger partial charge in [0.05, 0.1) is 11.5 Å². The van der Waals surface area contributed by atoms with Crippen LogP contribution in [0.4, 0.5) is 0 Å². The number of carbonyl (C=O) groups excluding carboxylic acids is 1. The molecule has 1 N–H and O–H groups in total. The molecule has 6 rings (SSSR count). The van der Waals surface area contributed by atoms with Gasteiger partial charge in [-0.25, -0.2) is 0 Å². The number of esters is 1. The molecule has 2 saturated heterocycles. The first-order chi connectivity index (χ1) is 10.9. The molecule has 0 amide bonds. The highest BCUT2D eigenvalue weighted by Gasteiger charge is 2.70.